The fraction of sp³-hybridized carbons (Fsp3) is 0.933. The standard InChI is InChI=1S/C15H30N2O2/c1-2-4-12(9-10-16)7-8-15(19)17-11-13-5-3-6-14(13)18/h12-14,18H,2-11,16H2,1H3,(H,17,19). The second-order valence-corrected chi connectivity index (χ2v) is 5.83. The molecule has 3 atom stereocenters. The van der Waals surface area contributed by atoms with Crippen LogP contribution in [0.2, 0.25) is 0 Å². The number of hydrogen-bond acceptors (Lipinski definition) is 3. The minimum Gasteiger partial charge on any atom is -0.393 e. The largest absolute Gasteiger partial charge is 0.393 e. The van der Waals surface area contributed by atoms with Crippen molar-refractivity contribution in [3.05, 3.63) is 0 Å². The van der Waals surface area contributed by atoms with Gasteiger partial charge in [0.25, 0.3) is 0 Å². The number of nitrogens with one attached hydrogen (secondary N) is 1. The van der Waals surface area contributed by atoms with Crippen LogP contribution in [0.4, 0.5) is 0 Å². The molecular formula is C15H30N2O2. The van der Waals surface area contributed by atoms with Gasteiger partial charge >= 0.3 is 0 Å². The molecule has 0 saturated heterocycles. The monoisotopic (exact) mass is 270 g/mol. The third-order valence-electron chi connectivity index (χ3n) is 4.23. The average molecular weight is 270 g/mol. The van der Waals surface area contributed by atoms with E-state index in [4.69, 9.17) is 5.73 Å². The molecule has 1 aliphatic carbocycles. The molecule has 19 heavy (non-hydrogen) atoms. The summed E-state index contributed by atoms with van der Waals surface area (Å²) in [6.07, 6.45) is 7.64. The number of amides is 1. The molecule has 1 saturated carbocycles. The molecule has 112 valence electrons. The van der Waals surface area contributed by atoms with Crippen LogP contribution >= 0.6 is 0 Å². The first-order chi connectivity index (χ1) is 9.17. The molecule has 0 aliphatic heterocycles. The van der Waals surface area contributed by atoms with E-state index in [0.717, 1.165) is 44.9 Å². The highest BCUT2D eigenvalue weighted by Crippen LogP contribution is 2.24. The number of carbonyl (C=O) groups excluding carboxylic acids is 1. The van der Waals surface area contributed by atoms with Crippen molar-refractivity contribution in [2.75, 3.05) is 13.1 Å². The van der Waals surface area contributed by atoms with E-state index in [2.05, 4.69) is 12.2 Å². The summed E-state index contributed by atoms with van der Waals surface area (Å²) in [5.41, 5.74) is 5.59. The van der Waals surface area contributed by atoms with Gasteiger partial charge in [0.2, 0.25) is 5.91 Å². The molecule has 0 aromatic heterocycles. The van der Waals surface area contributed by atoms with Gasteiger partial charge in [0.1, 0.15) is 0 Å². The maximum Gasteiger partial charge on any atom is 0.220 e. The molecule has 0 heterocycles. The van der Waals surface area contributed by atoms with Gasteiger partial charge in [0.05, 0.1) is 6.10 Å². The van der Waals surface area contributed by atoms with Crippen LogP contribution in [0, 0.1) is 11.8 Å². The molecule has 0 spiro atoms. The Kier molecular flexibility index (Phi) is 8.07. The quantitative estimate of drug-likeness (QED) is 0.598. The number of aliphatic hydroxyl groups excluding tert-OH is 1. The van der Waals surface area contributed by atoms with Gasteiger partial charge in [-0.05, 0) is 38.1 Å². The van der Waals surface area contributed by atoms with Crippen LogP contribution in [0.25, 0.3) is 0 Å². The Balaban J connectivity index is 2.15. The molecule has 0 radical (unpaired) electrons. The number of aliphatic hydroxyl groups is 1. The Morgan fingerprint density at radius 2 is 2.16 bits per heavy atom. The maximum atomic E-state index is 11.8. The van der Waals surface area contributed by atoms with E-state index < -0.39 is 0 Å². The summed E-state index contributed by atoms with van der Waals surface area (Å²) in [6.45, 7) is 3.51. The third-order valence-corrected chi connectivity index (χ3v) is 4.23. The van der Waals surface area contributed by atoms with Gasteiger partial charge in [-0.3, -0.25) is 4.79 Å². The van der Waals surface area contributed by atoms with Crippen LogP contribution in [0.15, 0.2) is 0 Å². The number of nitrogens with two attached hydrogens (primary N) is 1. The highest BCUT2D eigenvalue weighted by Gasteiger charge is 2.25. The van der Waals surface area contributed by atoms with Crippen LogP contribution in [0.3, 0.4) is 0 Å². The first kappa shape index (κ1) is 16.4. The number of carbonyl (C=O) groups is 1. The van der Waals surface area contributed by atoms with Crippen molar-refractivity contribution in [1.29, 1.82) is 0 Å². The smallest absolute Gasteiger partial charge is 0.220 e. The van der Waals surface area contributed by atoms with E-state index in [-0.39, 0.29) is 17.9 Å². The zero-order chi connectivity index (χ0) is 14.1. The second kappa shape index (κ2) is 9.32. The molecule has 1 amide bonds. The summed E-state index contributed by atoms with van der Waals surface area (Å²) < 4.78 is 0. The first-order valence-corrected chi connectivity index (χ1v) is 7.82. The van der Waals surface area contributed by atoms with Gasteiger partial charge in [0, 0.05) is 18.9 Å². The van der Waals surface area contributed by atoms with Gasteiger partial charge < -0.3 is 16.2 Å². The van der Waals surface area contributed by atoms with Gasteiger partial charge in [-0.2, -0.15) is 0 Å². The first-order valence-electron chi connectivity index (χ1n) is 7.82. The van der Waals surface area contributed by atoms with Gasteiger partial charge in [-0.15, -0.1) is 0 Å². The fourth-order valence-electron chi connectivity index (χ4n) is 3.00. The minimum absolute atomic E-state index is 0.122. The second-order valence-electron chi connectivity index (χ2n) is 5.83. The summed E-state index contributed by atoms with van der Waals surface area (Å²) in [5, 5.41) is 12.7. The van der Waals surface area contributed by atoms with E-state index in [1.165, 1.54) is 0 Å². The Hall–Kier alpha value is -0.610. The lowest BCUT2D eigenvalue weighted by Crippen LogP contribution is -2.32. The molecule has 1 rings (SSSR count). The lowest BCUT2D eigenvalue weighted by Gasteiger charge is -2.17. The van der Waals surface area contributed by atoms with E-state index in [9.17, 15) is 9.90 Å². The van der Waals surface area contributed by atoms with Crippen molar-refractivity contribution in [2.45, 2.75) is 64.4 Å². The third kappa shape index (κ3) is 6.39. The lowest BCUT2D eigenvalue weighted by atomic mass is 9.94. The Labute approximate surface area is 117 Å². The Morgan fingerprint density at radius 1 is 1.37 bits per heavy atom. The minimum atomic E-state index is -0.217. The van der Waals surface area contributed by atoms with E-state index >= 15 is 0 Å². The molecule has 4 N–H and O–H groups in total. The maximum absolute atomic E-state index is 11.8. The number of hydrogen-bond donors (Lipinski definition) is 3. The van der Waals surface area contributed by atoms with Crippen LogP contribution in [-0.4, -0.2) is 30.2 Å². The van der Waals surface area contributed by atoms with E-state index in [0.29, 0.717) is 25.4 Å². The molecule has 0 aromatic rings. The molecule has 1 aliphatic rings. The predicted octanol–water partition coefficient (Wildman–Crippen LogP) is 1.81. The molecule has 0 aromatic carbocycles. The normalized spacial score (nSPS) is 24.4. The molecular weight excluding hydrogens is 240 g/mol. The van der Waals surface area contributed by atoms with Crippen molar-refractivity contribution in [1.82, 2.24) is 5.32 Å². The molecule has 4 heteroatoms. The van der Waals surface area contributed by atoms with Gasteiger partial charge in [0.15, 0.2) is 0 Å². The fourth-order valence-corrected chi connectivity index (χ4v) is 3.00. The van der Waals surface area contributed by atoms with Crippen LogP contribution in [0.5, 0.6) is 0 Å². The Bertz CT molecular complexity index is 253. The average Bonchev–Trinajstić information content (AvgIpc) is 2.79. The molecule has 3 unspecified atom stereocenters. The van der Waals surface area contributed by atoms with E-state index in [1.54, 1.807) is 0 Å². The molecule has 1 fully saturated rings. The number of rotatable bonds is 9. The summed E-state index contributed by atoms with van der Waals surface area (Å²) in [4.78, 5) is 11.8. The Morgan fingerprint density at radius 3 is 2.74 bits per heavy atom. The summed E-state index contributed by atoms with van der Waals surface area (Å²) in [5.74, 6) is 0.967. The van der Waals surface area contributed by atoms with Crippen molar-refractivity contribution < 1.29 is 9.90 Å². The SMILES string of the molecule is CCCC(CCN)CCC(=O)NCC1CCCC1O. The van der Waals surface area contributed by atoms with Crippen molar-refractivity contribution >= 4 is 5.91 Å². The highest BCUT2D eigenvalue weighted by atomic mass is 16.3. The van der Waals surface area contributed by atoms with E-state index in [1.807, 2.05) is 0 Å². The van der Waals surface area contributed by atoms with Gasteiger partial charge in [-0.1, -0.05) is 26.2 Å². The summed E-state index contributed by atoms with van der Waals surface area (Å²) in [6, 6.07) is 0. The highest BCUT2D eigenvalue weighted by molar-refractivity contribution is 5.75. The molecule has 4 nitrogen and oxygen atoms in total. The van der Waals surface area contributed by atoms with Gasteiger partial charge in [-0.25, -0.2) is 0 Å². The van der Waals surface area contributed by atoms with Crippen molar-refractivity contribution in [3.8, 4) is 0 Å². The van der Waals surface area contributed by atoms with Crippen molar-refractivity contribution in [3.63, 3.8) is 0 Å². The molecule has 0 bridgehead atoms. The van der Waals surface area contributed by atoms with Crippen LogP contribution in [-0.2, 0) is 4.79 Å². The summed E-state index contributed by atoms with van der Waals surface area (Å²) >= 11 is 0. The zero-order valence-electron chi connectivity index (χ0n) is 12.2. The predicted molar refractivity (Wildman–Crippen MR) is 77.7 cm³/mol. The zero-order valence-corrected chi connectivity index (χ0v) is 12.2. The van der Waals surface area contributed by atoms with Crippen molar-refractivity contribution in [2.24, 2.45) is 17.6 Å². The topological polar surface area (TPSA) is 75.4 Å². The van der Waals surface area contributed by atoms with Crippen LogP contribution in [0.1, 0.15) is 58.3 Å². The lowest BCUT2D eigenvalue weighted by molar-refractivity contribution is -0.121. The van der Waals surface area contributed by atoms with Crippen LogP contribution < -0.4 is 11.1 Å². The summed E-state index contributed by atoms with van der Waals surface area (Å²) in [7, 11) is 0.